The van der Waals surface area contributed by atoms with Crippen LogP contribution in [0.4, 0.5) is 0 Å². The molecule has 1 heterocycles. The van der Waals surface area contributed by atoms with Crippen molar-refractivity contribution in [1.82, 2.24) is 4.90 Å². The molecule has 0 radical (unpaired) electrons. The molecule has 104 valence electrons. The van der Waals surface area contributed by atoms with E-state index >= 15 is 0 Å². The first-order valence-corrected chi connectivity index (χ1v) is 6.86. The number of carbonyl (C=O) groups is 1. The lowest BCUT2D eigenvalue weighted by molar-refractivity contribution is 0.0696. The number of carboxylic acids is 1. The summed E-state index contributed by atoms with van der Waals surface area (Å²) in [4.78, 5) is 13.3. The third-order valence-electron chi connectivity index (χ3n) is 3.44. The van der Waals surface area contributed by atoms with E-state index in [0.29, 0.717) is 5.56 Å². The van der Waals surface area contributed by atoms with E-state index in [-0.39, 0.29) is 0 Å². The molecule has 0 amide bonds. The van der Waals surface area contributed by atoms with Gasteiger partial charge in [0.2, 0.25) is 0 Å². The smallest absolute Gasteiger partial charge is 0.335 e. The number of carboxylic acid groups (broad SMARTS) is 1. The average molecular weight is 263 g/mol. The normalized spacial score (nSPS) is 15.2. The van der Waals surface area contributed by atoms with Crippen LogP contribution in [0.3, 0.4) is 0 Å². The summed E-state index contributed by atoms with van der Waals surface area (Å²) in [7, 11) is 0. The second-order valence-electron chi connectivity index (χ2n) is 4.93. The van der Waals surface area contributed by atoms with E-state index in [1.54, 1.807) is 12.1 Å². The highest BCUT2D eigenvalue weighted by molar-refractivity contribution is 5.87. The SMILES string of the molecule is CCCOCCN1CCc2ccc(C(=O)O)cc2C1. The van der Waals surface area contributed by atoms with Gasteiger partial charge in [-0.3, -0.25) is 4.90 Å². The van der Waals surface area contributed by atoms with Crippen LogP contribution in [0.5, 0.6) is 0 Å². The van der Waals surface area contributed by atoms with E-state index in [0.717, 1.165) is 51.3 Å². The number of benzene rings is 1. The zero-order chi connectivity index (χ0) is 13.7. The third kappa shape index (κ3) is 3.78. The van der Waals surface area contributed by atoms with Gasteiger partial charge < -0.3 is 9.84 Å². The highest BCUT2D eigenvalue weighted by Crippen LogP contribution is 2.20. The molecule has 1 aliphatic rings. The van der Waals surface area contributed by atoms with Gasteiger partial charge in [-0.2, -0.15) is 0 Å². The summed E-state index contributed by atoms with van der Waals surface area (Å²) in [5, 5.41) is 9.02. The monoisotopic (exact) mass is 263 g/mol. The van der Waals surface area contributed by atoms with E-state index in [1.807, 2.05) is 6.07 Å². The van der Waals surface area contributed by atoms with Crippen molar-refractivity contribution in [3.05, 3.63) is 34.9 Å². The lowest BCUT2D eigenvalue weighted by Gasteiger charge is -2.28. The summed E-state index contributed by atoms with van der Waals surface area (Å²) >= 11 is 0. The second-order valence-corrected chi connectivity index (χ2v) is 4.93. The maximum absolute atomic E-state index is 11.0. The van der Waals surface area contributed by atoms with Crippen LogP contribution in [0.1, 0.15) is 34.8 Å². The summed E-state index contributed by atoms with van der Waals surface area (Å²) < 4.78 is 5.50. The zero-order valence-corrected chi connectivity index (χ0v) is 11.4. The van der Waals surface area contributed by atoms with Crippen molar-refractivity contribution in [2.75, 3.05) is 26.3 Å². The highest BCUT2D eigenvalue weighted by Gasteiger charge is 2.17. The molecule has 1 N–H and O–H groups in total. The van der Waals surface area contributed by atoms with E-state index in [1.165, 1.54) is 5.56 Å². The highest BCUT2D eigenvalue weighted by atomic mass is 16.5. The van der Waals surface area contributed by atoms with Gasteiger partial charge in [0.15, 0.2) is 0 Å². The van der Waals surface area contributed by atoms with E-state index < -0.39 is 5.97 Å². The molecular formula is C15H21NO3. The van der Waals surface area contributed by atoms with Gasteiger partial charge in [-0.1, -0.05) is 13.0 Å². The maximum atomic E-state index is 11.0. The van der Waals surface area contributed by atoms with Crippen LogP contribution in [0, 0.1) is 0 Å². The molecule has 1 aliphatic heterocycles. The average Bonchev–Trinajstić information content (AvgIpc) is 2.42. The number of ether oxygens (including phenoxy) is 1. The Hall–Kier alpha value is -1.39. The molecule has 0 aliphatic carbocycles. The Bertz CT molecular complexity index is 445. The van der Waals surface area contributed by atoms with Gasteiger partial charge in [0.05, 0.1) is 12.2 Å². The fourth-order valence-corrected chi connectivity index (χ4v) is 2.38. The molecule has 0 atom stereocenters. The molecule has 4 nitrogen and oxygen atoms in total. The molecule has 0 unspecified atom stereocenters. The standard InChI is InChI=1S/C15H21NO3/c1-2-8-19-9-7-16-6-5-12-3-4-13(15(17)18)10-14(12)11-16/h3-4,10H,2,5-9,11H2,1H3,(H,17,18). The molecule has 0 aromatic heterocycles. The van der Waals surface area contributed by atoms with Crippen molar-refractivity contribution in [3.63, 3.8) is 0 Å². The van der Waals surface area contributed by atoms with Gasteiger partial charge in [-0.05, 0) is 36.1 Å². The van der Waals surface area contributed by atoms with Gasteiger partial charge in [-0.25, -0.2) is 4.79 Å². The first-order chi connectivity index (χ1) is 9.20. The molecule has 2 rings (SSSR count). The van der Waals surface area contributed by atoms with Crippen LogP contribution in [-0.2, 0) is 17.7 Å². The van der Waals surface area contributed by atoms with Crippen LogP contribution in [-0.4, -0.2) is 42.3 Å². The van der Waals surface area contributed by atoms with E-state index in [9.17, 15) is 4.79 Å². The van der Waals surface area contributed by atoms with E-state index in [2.05, 4.69) is 11.8 Å². The van der Waals surface area contributed by atoms with Crippen LogP contribution in [0.15, 0.2) is 18.2 Å². The molecule has 1 aromatic carbocycles. The third-order valence-corrected chi connectivity index (χ3v) is 3.44. The minimum atomic E-state index is -0.855. The van der Waals surface area contributed by atoms with Crippen LogP contribution < -0.4 is 0 Å². The number of hydrogen-bond acceptors (Lipinski definition) is 3. The minimum absolute atomic E-state index is 0.378. The number of rotatable bonds is 6. The Balaban J connectivity index is 1.94. The number of fused-ring (bicyclic) bond motifs is 1. The first kappa shape index (κ1) is 14.0. The fraction of sp³-hybridized carbons (Fsp3) is 0.533. The Morgan fingerprint density at radius 2 is 2.21 bits per heavy atom. The largest absolute Gasteiger partial charge is 0.478 e. The molecule has 19 heavy (non-hydrogen) atoms. The van der Waals surface area contributed by atoms with Crippen molar-refractivity contribution in [2.24, 2.45) is 0 Å². The predicted octanol–water partition coefficient (Wildman–Crippen LogP) is 2.17. The fourth-order valence-electron chi connectivity index (χ4n) is 2.38. The van der Waals surface area contributed by atoms with Gasteiger partial charge in [0.25, 0.3) is 0 Å². The molecule has 0 saturated heterocycles. The Morgan fingerprint density at radius 1 is 1.37 bits per heavy atom. The molecule has 0 spiro atoms. The predicted molar refractivity (Wildman–Crippen MR) is 73.5 cm³/mol. The van der Waals surface area contributed by atoms with Crippen molar-refractivity contribution >= 4 is 5.97 Å². The summed E-state index contributed by atoms with van der Waals surface area (Å²) in [5.74, 6) is -0.855. The van der Waals surface area contributed by atoms with Gasteiger partial charge >= 0.3 is 5.97 Å². The van der Waals surface area contributed by atoms with Gasteiger partial charge in [0, 0.05) is 26.2 Å². The summed E-state index contributed by atoms with van der Waals surface area (Å²) in [5.41, 5.74) is 2.79. The lowest BCUT2D eigenvalue weighted by atomic mass is 9.97. The number of nitrogens with zero attached hydrogens (tertiary/aromatic N) is 1. The summed E-state index contributed by atoms with van der Waals surface area (Å²) in [6.45, 7) is 6.43. The van der Waals surface area contributed by atoms with Crippen LogP contribution in [0.25, 0.3) is 0 Å². The Kier molecular flexibility index (Phi) is 4.93. The van der Waals surface area contributed by atoms with Gasteiger partial charge in [0.1, 0.15) is 0 Å². The molecular weight excluding hydrogens is 242 g/mol. The van der Waals surface area contributed by atoms with Crippen molar-refractivity contribution < 1.29 is 14.6 Å². The summed E-state index contributed by atoms with van der Waals surface area (Å²) in [6, 6.07) is 5.45. The van der Waals surface area contributed by atoms with Crippen molar-refractivity contribution in [3.8, 4) is 0 Å². The summed E-state index contributed by atoms with van der Waals surface area (Å²) in [6.07, 6.45) is 2.04. The molecule has 1 aromatic rings. The maximum Gasteiger partial charge on any atom is 0.335 e. The molecule has 0 fully saturated rings. The zero-order valence-electron chi connectivity index (χ0n) is 11.4. The van der Waals surface area contributed by atoms with Crippen LogP contribution in [0.2, 0.25) is 0 Å². The number of aromatic carboxylic acids is 1. The topological polar surface area (TPSA) is 49.8 Å². The quantitative estimate of drug-likeness (QED) is 0.799. The first-order valence-electron chi connectivity index (χ1n) is 6.86. The molecule has 0 bridgehead atoms. The lowest BCUT2D eigenvalue weighted by Crippen LogP contribution is -2.33. The van der Waals surface area contributed by atoms with Crippen LogP contribution >= 0.6 is 0 Å². The number of hydrogen-bond donors (Lipinski definition) is 1. The Morgan fingerprint density at radius 3 is 2.95 bits per heavy atom. The second kappa shape index (κ2) is 6.68. The van der Waals surface area contributed by atoms with Crippen molar-refractivity contribution in [2.45, 2.75) is 26.3 Å². The Labute approximate surface area is 114 Å². The molecule has 0 saturated carbocycles. The van der Waals surface area contributed by atoms with Gasteiger partial charge in [-0.15, -0.1) is 0 Å². The minimum Gasteiger partial charge on any atom is -0.478 e. The van der Waals surface area contributed by atoms with Crippen molar-refractivity contribution in [1.29, 1.82) is 0 Å². The molecule has 4 heteroatoms. The van der Waals surface area contributed by atoms with E-state index in [4.69, 9.17) is 9.84 Å².